The lowest BCUT2D eigenvalue weighted by Crippen LogP contribution is -2.50. The molecule has 30 heavy (non-hydrogen) atoms. The molecule has 0 atom stereocenters. The molecule has 1 aliphatic rings. The van der Waals surface area contributed by atoms with Crippen molar-refractivity contribution in [1.29, 1.82) is 0 Å². The molecule has 1 aromatic carbocycles. The molecule has 4 rings (SSSR count). The molecule has 1 amide bonds. The average Bonchev–Trinajstić information content (AvgIpc) is 3.40. The van der Waals surface area contributed by atoms with Gasteiger partial charge in [-0.15, -0.1) is 11.3 Å². The van der Waals surface area contributed by atoms with E-state index in [1.165, 1.54) is 0 Å². The van der Waals surface area contributed by atoms with Crippen LogP contribution < -0.4 is 4.74 Å². The van der Waals surface area contributed by atoms with Crippen LogP contribution in [-0.2, 0) is 11.2 Å². The summed E-state index contributed by atoms with van der Waals surface area (Å²) in [6.07, 6.45) is 0.274. The molecular formula is C22H24ClN3O3S. The topological polar surface area (TPSA) is 58.8 Å². The van der Waals surface area contributed by atoms with Gasteiger partial charge in [0.05, 0.1) is 22.0 Å². The van der Waals surface area contributed by atoms with Gasteiger partial charge in [0.1, 0.15) is 18.1 Å². The van der Waals surface area contributed by atoms with Gasteiger partial charge in [-0.2, -0.15) is 0 Å². The van der Waals surface area contributed by atoms with Crippen LogP contribution in [0.4, 0.5) is 0 Å². The van der Waals surface area contributed by atoms with Crippen molar-refractivity contribution in [2.45, 2.75) is 13.3 Å². The summed E-state index contributed by atoms with van der Waals surface area (Å²) in [5, 5.41) is 2.61. The fourth-order valence-corrected chi connectivity index (χ4v) is 4.26. The molecule has 2 aromatic heterocycles. The zero-order chi connectivity index (χ0) is 20.9. The number of hydrogen-bond donors (Lipinski definition) is 0. The van der Waals surface area contributed by atoms with Crippen LogP contribution in [0.3, 0.4) is 0 Å². The highest BCUT2D eigenvalue weighted by molar-refractivity contribution is 7.13. The first-order valence-electron chi connectivity index (χ1n) is 9.98. The molecule has 0 radical (unpaired) electrons. The van der Waals surface area contributed by atoms with Crippen LogP contribution in [0.15, 0.2) is 46.2 Å². The van der Waals surface area contributed by atoms with E-state index in [0.717, 1.165) is 30.2 Å². The Morgan fingerprint density at radius 2 is 2.00 bits per heavy atom. The summed E-state index contributed by atoms with van der Waals surface area (Å²) in [4.78, 5) is 22.5. The number of aromatic nitrogens is 1. The van der Waals surface area contributed by atoms with Crippen LogP contribution in [-0.4, -0.2) is 60.0 Å². The smallest absolute Gasteiger partial charge is 0.236 e. The zero-order valence-corrected chi connectivity index (χ0v) is 18.4. The number of carbonyl (C=O) groups excluding carboxylic acids is 1. The number of benzene rings is 1. The van der Waals surface area contributed by atoms with Crippen molar-refractivity contribution in [3.63, 3.8) is 0 Å². The minimum Gasteiger partial charge on any atom is -0.491 e. The Labute approximate surface area is 185 Å². The number of oxazole rings is 1. The number of ether oxygens (including phenoxy) is 1. The summed E-state index contributed by atoms with van der Waals surface area (Å²) in [6.45, 7) is 6.32. The van der Waals surface area contributed by atoms with Crippen molar-refractivity contribution in [2.24, 2.45) is 0 Å². The number of para-hydroxylation sites is 1. The molecule has 0 unspecified atom stereocenters. The van der Waals surface area contributed by atoms with Crippen molar-refractivity contribution in [1.82, 2.24) is 14.8 Å². The van der Waals surface area contributed by atoms with E-state index >= 15 is 0 Å². The van der Waals surface area contributed by atoms with Gasteiger partial charge in [-0.1, -0.05) is 29.8 Å². The van der Waals surface area contributed by atoms with E-state index < -0.39 is 0 Å². The first kappa shape index (κ1) is 20.9. The standard InChI is InChI=1S/C22H24ClN3O3S/c1-16-18(24-22(29-16)20-7-4-14-30-20)15-21(27)26-10-8-25(9-11-26)12-13-28-19-6-3-2-5-17(19)23/h2-7,14H,8-13,15H2,1H3. The third-order valence-corrected chi connectivity index (χ3v) is 6.34. The number of amides is 1. The Morgan fingerprint density at radius 3 is 2.73 bits per heavy atom. The van der Waals surface area contributed by atoms with Gasteiger partial charge in [-0.05, 0) is 30.5 Å². The minimum atomic E-state index is 0.0936. The molecular weight excluding hydrogens is 422 g/mol. The largest absolute Gasteiger partial charge is 0.491 e. The Balaban J connectivity index is 1.23. The highest BCUT2D eigenvalue weighted by Crippen LogP contribution is 2.26. The van der Waals surface area contributed by atoms with E-state index in [-0.39, 0.29) is 12.3 Å². The van der Waals surface area contributed by atoms with Gasteiger partial charge in [-0.25, -0.2) is 4.98 Å². The maximum absolute atomic E-state index is 12.7. The molecule has 0 N–H and O–H groups in total. The fourth-order valence-electron chi connectivity index (χ4n) is 3.42. The maximum atomic E-state index is 12.7. The molecule has 0 saturated carbocycles. The Morgan fingerprint density at radius 1 is 1.20 bits per heavy atom. The second kappa shape index (κ2) is 9.64. The van der Waals surface area contributed by atoms with Gasteiger partial charge in [-0.3, -0.25) is 9.69 Å². The van der Waals surface area contributed by atoms with E-state index in [9.17, 15) is 4.79 Å². The first-order valence-corrected chi connectivity index (χ1v) is 11.2. The molecule has 6 nitrogen and oxygen atoms in total. The van der Waals surface area contributed by atoms with Crippen molar-refractivity contribution in [2.75, 3.05) is 39.3 Å². The number of halogens is 1. The predicted octanol–water partition coefficient (Wildman–Crippen LogP) is 4.13. The second-order valence-corrected chi connectivity index (χ2v) is 8.53. The highest BCUT2D eigenvalue weighted by Gasteiger charge is 2.23. The van der Waals surface area contributed by atoms with Crippen LogP contribution in [0.1, 0.15) is 11.5 Å². The average molecular weight is 446 g/mol. The van der Waals surface area contributed by atoms with Gasteiger partial charge < -0.3 is 14.1 Å². The number of rotatable bonds is 7. The molecule has 3 aromatic rings. The zero-order valence-electron chi connectivity index (χ0n) is 16.8. The third kappa shape index (κ3) is 5.03. The monoisotopic (exact) mass is 445 g/mol. The molecule has 3 heterocycles. The molecule has 8 heteroatoms. The lowest BCUT2D eigenvalue weighted by Gasteiger charge is -2.34. The van der Waals surface area contributed by atoms with E-state index in [1.54, 1.807) is 11.3 Å². The van der Waals surface area contributed by atoms with Gasteiger partial charge in [0.15, 0.2) is 0 Å². The maximum Gasteiger partial charge on any atom is 0.236 e. The summed E-state index contributed by atoms with van der Waals surface area (Å²) in [5.41, 5.74) is 0.721. The molecule has 1 fully saturated rings. The van der Waals surface area contributed by atoms with Gasteiger partial charge in [0.25, 0.3) is 0 Å². The molecule has 0 aliphatic carbocycles. The summed E-state index contributed by atoms with van der Waals surface area (Å²) in [5.74, 6) is 2.10. The van der Waals surface area contributed by atoms with E-state index in [0.29, 0.717) is 42.1 Å². The summed E-state index contributed by atoms with van der Waals surface area (Å²) < 4.78 is 11.5. The quantitative estimate of drug-likeness (QED) is 0.547. The van der Waals surface area contributed by atoms with Crippen LogP contribution in [0.2, 0.25) is 5.02 Å². The summed E-state index contributed by atoms with van der Waals surface area (Å²) in [7, 11) is 0. The van der Waals surface area contributed by atoms with Gasteiger partial charge in [0.2, 0.25) is 11.8 Å². The minimum absolute atomic E-state index is 0.0936. The van der Waals surface area contributed by atoms with Crippen molar-refractivity contribution in [3.05, 3.63) is 58.3 Å². The number of thiophene rings is 1. The number of carbonyl (C=O) groups is 1. The molecule has 0 bridgehead atoms. The van der Waals surface area contributed by atoms with Crippen molar-refractivity contribution < 1.29 is 13.9 Å². The Bertz CT molecular complexity index is 981. The Kier molecular flexibility index (Phi) is 6.72. The van der Waals surface area contributed by atoms with Crippen molar-refractivity contribution in [3.8, 4) is 16.5 Å². The van der Waals surface area contributed by atoms with Crippen LogP contribution in [0, 0.1) is 6.92 Å². The molecule has 0 spiro atoms. The lowest BCUT2D eigenvalue weighted by atomic mass is 10.2. The predicted molar refractivity (Wildman–Crippen MR) is 118 cm³/mol. The van der Waals surface area contributed by atoms with Crippen LogP contribution in [0.25, 0.3) is 10.8 Å². The second-order valence-electron chi connectivity index (χ2n) is 7.18. The third-order valence-electron chi connectivity index (χ3n) is 5.17. The SMILES string of the molecule is Cc1oc(-c2cccs2)nc1CC(=O)N1CCN(CCOc2ccccc2Cl)CC1. The van der Waals surface area contributed by atoms with Crippen molar-refractivity contribution >= 4 is 28.8 Å². The first-order chi connectivity index (χ1) is 14.6. The van der Waals surface area contributed by atoms with Crippen LogP contribution in [0.5, 0.6) is 5.75 Å². The fraction of sp³-hybridized carbons (Fsp3) is 0.364. The van der Waals surface area contributed by atoms with E-state index in [4.69, 9.17) is 20.8 Å². The number of nitrogens with zero attached hydrogens (tertiary/aromatic N) is 3. The number of piperazine rings is 1. The summed E-state index contributed by atoms with van der Waals surface area (Å²) in [6, 6.07) is 11.4. The molecule has 158 valence electrons. The normalized spacial score (nSPS) is 14.8. The summed E-state index contributed by atoms with van der Waals surface area (Å²) >= 11 is 7.69. The van der Waals surface area contributed by atoms with Crippen LogP contribution >= 0.6 is 22.9 Å². The van der Waals surface area contributed by atoms with E-state index in [1.807, 2.05) is 53.6 Å². The number of hydrogen-bond acceptors (Lipinski definition) is 6. The highest BCUT2D eigenvalue weighted by atomic mass is 35.5. The molecule has 1 saturated heterocycles. The Hall–Kier alpha value is -2.35. The lowest BCUT2D eigenvalue weighted by molar-refractivity contribution is -0.132. The van der Waals surface area contributed by atoms with Gasteiger partial charge in [0, 0.05) is 32.7 Å². The number of aryl methyl sites for hydroxylation is 1. The molecule has 1 aliphatic heterocycles. The van der Waals surface area contributed by atoms with E-state index in [2.05, 4.69) is 9.88 Å². The van der Waals surface area contributed by atoms with Gasteiger partial charge >= 0.3 is 0 Å².